The first-order valence-corrected chi connectivity index (χ1v) is 9.88. The van der Waals surface area contributed by atoms with E-state index < -0.39 is 29.6 Å². The predicted molar refractivity (Wildman–Crippen MR) is 108 cm³/mol. The highest BCUT2D eigenvalue weighted by Gasteiger charge is 2.22. The average molecular weight is 402 g/mol. The van der Waals surface area contributed by atoms with Crippen molar-refractivity contribution in [1.29, 1.82) is 0 Å². The number of hydrogen-bond donors (Lipinski definition) is 1. The van der Waals surface area contributed by atoms with Gasteiger partial charge >= 0.3 is 5.63 Å². The van der Waals surface area contributed by atoms with Crippen LogP contribution in [0.15, 0.2) is 27.4 Å². The van der Waals surface area contributed by atoms with Crippen LogP contribution in [-0.4, -0.2) is 24.0 Å². The Morgan fingerprint density at radius 3 is 2.52 bits per heavy atom. The van der Waals surface area contributed by atoms with E-state index in [2.05, 4.69) is 5.32 Å². The van der Waals surface area contributed by atoms with Gasteiger partial charge in [-0.3, -0.25) is 4.79 Å². The van der Waals surface area contributed by atoms with Crippen LogP contribution in [-0.2, 0) is 16.0 Å². The van der Waals surface area contributed by atoms with Gasteiger partial charge in [-0.05, 0) is 50.3 Å². The van der Waals surface area contributed by atoms with Crippen molar-refractivity contribution in [3.63, 3.8) is 0 Å². The molecule has 1 aromatic heterocycles. The molecule has 2 aromatic rings. The summed E-state index contributed by atoms with van der Waals surface area (Å²) in [4.78, 5) is 35.6. The van der Waals surface area contributed by atoms with Crippen LogP contribution in [0.4, 0.5) is 0 Å². The number of aryl methyl sites for hydroxylation is 2. The zero-order valence-electron chi connectivity index (χ0n) is 17.5. The highest BCUT2D eigenvalue weighted by molar-refractivity contribution is 5.87. The summed E-state index contributed by atoms with van der Waals surface area (Å²) in [5, 5.41) is 14.6. The minimum Gasteiger partial charge on any atom is -0.548 e. The van der Waals surface area contributed by atoms with E-state index in [9.17, 15) is 19.5 Å². The predicted octanol–water partition coefficient (Wildman–Crippen LogP) is 2.10. The van der Waals surface area contributed by atoms with Crippen LogP contribution in [0.25, 0.3) is 11.0 Å². The second-order valence-electron chi connectivity index (χ2n) is 7.68. The smallest absolute Gasteiger partial charge is 0.336 e. The van der Waals surface area contributed by atoms with Gasteiger partial charge in [0, 0.05) is 17.0 Å². The summed E-state index contributed by atoms with van der Waals surface area (Å²) in [5.74, 6) is -1.41. The van der Waals surface area contributed by atoms with Crippen LogP contribution >= 0.6 is 0 Å². The lowest BCUT2D eigenvalue weighted by Crippen LogP contribution is -2.51. The van der Waals surface area contributed by atoms with E-state index in [0.717, 1.165) is 23.8 Å². The van der Waals surface area contributed by atoms with Gasteiger partial charge in [0.25, 0.3) is 5.91 Å². The van der Waals surface area contributed by atoms with Crippen molar-refractivity contribution in [3.8, 4) is 5.75 Å². The number of benzene rings is 1. The largest absolute Gasteiger partial charge is 0.548 e. The number of carboxylic acids is 1. The van der Waals surface area contributed by atoms with Crippen molar-refractivity contribution in [1.82, 2.24) is 5.32 Å². The standard InChI is InChI=1S/C22H29NO6/c1-6-7-15-11-19(24)29-20-13(4)18(9-8-16(15)20)28-14(5)21(25)23-17(22(26)27)10-12(2)3/h8-9,11-12,14,17H,6-7,10H2,1-5H3,(H,23,25)(H,26,27)/p-1/t14-,17+/m1/s1. The molecule has 1 N–H and O–H groups in total. The molecule has 0 aliphatic rings. The summed E-state index contributed by atoms with van der Waals surface area (Å²) in [6.45, 7) is 9.04. The number of ether oxygens (including phenoxy) is 1. The average Bonchev–Trinajstić information content (AvgIpc) is 2.63. The second kappa shape index (κ2) is 9.58. The number of aliphatic carboxylic acids is 1. The van der Waals surface area contributed by atoms with Crippen molar-refractivity contribution in [3.05, 3.63) is 39.7 Å². The number of carbonyl (C=O) groups is 2. The maximum atomic E-state index is 12.4. The fourth-order valence-electron chi connectivity index (χ4n) is 3.23. The van der Waals surface area contributed by atoms with Crippen LogP contribution in [0.2, 0.25) is 0 Å². The molecule has 0 saturated carbocycles. The molecule has 0 saturated heterocycles. The van der Waals surface area contributed by atoms with E-state index in [1.165, 1.54) is 13.0 Å². The number of rotatable bonds is 9. The van der Waals surface area contributed by atoms with Gasteiger partial charge in [-0.25, -0.2) is 4.79 Å². The Morgan fingerprint density at radius 2 is 1.93 bits per heavy atom. The third-order valence-electron chi connectivity index (χ3n) is 4.70. The quantitative estimate of drug-likeness (QED) is 0.644. The zero-order chi connectivity index (χ0) is 21.7. The topological polar surface area (TPSA) is 109 Å². The molecule has 0 bridgehead atoms. The molecular weight excluding hydrogens is 374 g/mol. The molecule has 158 valence electrons. The lowest BCUT2D eigenvalue weighted by atomic mass is 10.0. The Morgan fingerprint density at radius 1 is 1.24 bits per heavy atom. The summed E-state index contributed by atoms with van der Waals surface area (Å²) in [7, 11) is 0. The molecule has 7 heteroatoms. The van der Waals surface area contributed by atoms with E-state index >= 15 is 0 Å². The minimum absolute atomic E-state index is 0.0809. The van der Waals surface area contributed by atoms with Gasteiger partial charge in [-0.15, -0.1) is 0 Å². The molecule has 29 heavy (non-hydrogen) atoms. The Labute approximate surface area is 170 Å². The van der Waals surface area contributed by atoms with E-state index in [4.69, 9.17) is 9.15 Å². The van der Waals surface area contributed by atoms with E-state index in [0.29, 0.717) is 16.9 Å². The lowest BCUT2D eigenvalue weighted by molar-refractivity contribution is -0.308. The molecule has 1 aromatic carbocycles. The molecule has 1 amide bonds. The van der Waals surface area contributed by atoms with Crippen molar-refractivity contribution in [2.75, 3.05) is 0 Å². The van der Waals surface area contributed by atoms with Gasteiger partial charge in [0.15, 0.2) is 6.10 Å². The Hall–Kier alpha value is -2.83. The summed E-state index contributed by atoms with van der Waals surface area (Å²) in [6.07, 6.45) is 0.969. The summed E-state index contributed by atoms with van der Waals surface area (Å²) >= 11 is 0. The van der Waals surface area contributed by atoms with Crippen molar-refractivity contribution in [2.45, 2.75) is 66.0 Å². The van der Waals surface area contributed by atoms with E-state index in [-0.39, 0.29) is 12.3 Å². The molecule has 0 radical (unpaired) electrons. The van der Waals surface area contributed by atoms with Crippen molar-refractivity contribution >= 4 is 22.8 Å². The summed E-state index contributed by atoms with van der Waals surface area (Å²) in [5.41, 5.74) is 1.51. The lowest BCUT2D eigenvalue weighted by Gasteiger charge is -2.24. The zero-order valence-corrected chi connectivity index (χ0v) is 17.5. The molecule has 0 spiro atoms. The van der Waals surface area contributed by atoms with Crippen LogP contribution in [0.1, 0.15) is 51.7 Å². The number of nitrogens with one attached hydrogen (secondary N) is 1. The number of carboxylic acid groups (broad SMARTS) is 1. The Balaban J connectivity index is 2.24. The number of fused-ring (bicyclic) bond motifs is 1. The van der Waals surface area contributed by atoms with Gasteiger partial charge in [-0.2, -0.15) is 0 Å². The molecule has 0 aliphatic heterocycles. The first kappa shape index (κ1) is 22.5. The number of hydrogen-bond acceptors (Lipinski definition) is 6. The van der Waals surface area contributed by atoms with Gasteiger partial charge in [0.1, 0.15) is 11.3 Å². The molecule has 0 unspecified atom stereocenters. The van der Waals surface area contributed by atoms with Gasteiger partial charge in [0.2, 0.25) is 0 Å². The highest BCUT2D eigenvalue weighted by atomic mass is 16.5. The first-order chi connectivity index (χ1) is 13.6. The maximum absolute atomic E-state index is 12.4. The van der Waals surface area contributed by atoms with Crippen LogP contribution < -0.4 is 20.8 Å². The highest BCUT2D eigenvalue weighted by Crippen LogP contribution is 2.29. The molecule has 7 nitrogen and oxygen atoms in total. The van der Waals surface area contributed by atoms with E-state index in [1.807, 2.05) is 20.8 Å². The Bertz CT molecular complexity index is 946. The van der Waals surface area contributed by atoms with E-state index in [1.54, 1.807) is 19.1 Å². The molecule has 0 fully saturated rings. The summed E-state index contributed by atoms with van der Waals surface area (Å²) < 4.78 is 11.1. The molecule has 2 atom stereocenters. The molecule has 1 heterocycles. The van der Waals surface area contributed by atoms with Gasteiger partial charge < -0.3 is 24.4 Å². The van der Waals surface area contributed by atoms with Gasteiger partial charge in [-0.1, -0.05) is 27.2 Å². The number of amides is 1. The maximum Gasteiger partial charge on any atom is 0.336 e. The Kier molecular flexibility index (Phi) is 7.42. The second-order valence-corrected chi connectivity index (χ2v) is 7.68. The third-order valence-corrected chi connectivity index (χ3v) is 4.70. The van der Waals surface area contributed by atoms with Crippen LogP contribution in [0.3, 0.4) is 0 Å². The SMILES string of the molecule is CCCc1cc(=O)oc2c(C)c(O[C@H](C)C(=O)N[C@@H](CC(C)C)C(=O)[O-])ccc12. The fraction of sp³-hybridized carbons (Fsp3) is 0.500. The normalized spacial score (nSPS) is 13.3. The fourth-order valence-corrected chi connectivity index (χ4v) is 3.23. The minimum atomic E-state index is -1.33. The van der Waals surface area contributed by atoms with Crippen LogP contribution in [0, 0.1) is 12.8 Å². The molecular formula is C22H28NO6-. The van der Waals surface area contributed by atoms with Crippen molar-refractivity contribution < 1.29 is 23.8 Å². The molecule has 0 aliphatic carbocycles. The summed E-state index contributed by atoms with van der Waals surface area (Å²) in [6, 6.07) is 3.95. The first-order valence-electron chi connectivity index (χ1n) is 9.88. The van der Waals surface area contributed by atoms with Gasteiger partial charge in [0.05, 0.1) is 12.0 Å². The third kappa shape index (κ3) is 5.59. The number of carbonyl (C=O) groups excluding carboxylic acids is 2. The van der Waals surface area contributed by atoms with Crippen molar-refractivity contribution in [2.24, 2.45) is 5.92 Å². The monoisotopic (exact) mass is 402 g/mol. The van der Waals surface area contributed by atoms with Crippen LogP contribution in [0.5, 0.6) is 5.75 Å². The molecule has 2 rings (SSSR count).